The average molecular weight is 382 g/mol. The minimum atomic E-state index is -1.05. The van der Waals surface area contributed by atoms with Gasteiger partial charge in [0.2, 0.25) is 5.91 Å². The Bertz CT molecular complexity index is 533. The van der Waals surface area contributed by atoms with Crippen LogP contribution >= 0.6 is 12.6 Å². The fraction of sp³-hybridized carbons (Fsp3) is 0.600. The number of aliphatic carboxylic acids is 1. The highest BCUT2D eigenvalue weighted by atomic mass is 32.1. The van der Waals surface area contributed by atoms with Crippen molar-refractivity contribution < 1.29 is 19.8 Å². The number of phenolic OH excluding ortho intramolecular Hbond substituents is 1. The summed E-state index contributed by atoms with van der Waals surface area (Å²) in [6, 6.07) is 5.39. The van der Waals surface area contributed by atoms with Gasteiger partial charge in [0.1, 0.15) is 11.8 Å². The number of amides is 1. The molecule has 0 saturated carbocycles. The molecule has 1 atom stereocenters. The normalized spacial score (nSPS) is 11.9. The van der Waals surface area contributed by atoms with E-state index in [0.29, 0.717) is 6.42 Å². The van der Waals surface area contributed by atoms with Crippen LogP contribution in [0.1, 0.15) is 63.4 Å². The molecule has 26 heavy (non-hydrogen) atoms. The maximum absolute atomic E-state index is 12.0. The Hall–Kier alpha value is -1.69. The van der Waals surface area contributed by atoms with Crippen LogP contribution in [0.5, 0.6) is 5.75 Å². The lowest BCUT2D eigenvalue weighted by molar-refractivity contribution is -0.141. The first-order valence-corrected chi connectivity index (χ1v) is 10.1. The molecule has 0 radical (unpaired) electrons. The molecule has 0 aliphatic rings. The highest BCUT2D eigenvalue weighted by Gasteiger charge is 2.20. The number of rotatable bonds is 14. The fourth-order valence-corrected chi connectivity index (χ4v) is 3.02. The van der Waals surface area contributed by atoms with E-state index >= 15 is 0 Å². The zero-order chi connectivity index (χ0) is 19.2. The first kappa shape index (κ1) is 22.4. The predicted molar refractivity (Wildman–Crippen MR) is 107 cm³/mol. The van der Waals surface area contributed by atoms with Gasteiger partial charge in [-0.25, -0.2) is 4.79 Å². The van der Waals surface area contributed by atoms with E-state index in [9.17, 15) is 19.8 Å². The number of benzene rings is 1. The summed E-state index contributed by atoms with van der Waals surface area (Å²) >= 11 is 4.19. The zero-order valence-electron chi connectivity index (χ0n) is 15.3. The van der Waals surface area contributed by atoms with Crippen LogP contribution in [0, 0.1) is 0 Å². The third-order valence-electron chi connectivity index (χ3n) is 4.32. The van der Waals surface area contributed by atoms with Crippen molar-refractivity contribution in [3.8, 4) is 5.75 Å². The van der Waals surface area contributed by atoms with E-state index in [1.165, 1.54) is 44.2 Å². The third kappa shape index (κ3) is 10.3. The minimum Gasteiger partial charge on any atom is -0.508 e. The number of carbonyl (C=O) groups is 2. The summed E-state index contributed by atoms with van der Waals surface area (Å²) in [6.07, 6.45) is 9.54. The van der Waals surface area contributed by atoms with E-state index < -0.39 is 12.0 Å². The van der Waals surface area contributed by atoms with Crippen LogP contribution in [-0.2, 0) is 16.0 Å². The number of thiol groups is 1. The number of carbonyl (C=O) groups excluding carboxylic acids is 1. The molecule has 146 valence electrons. The van der Waals surface area contributed by atoms with Crippen LogP contribution in [0.15, 0.2) is 24.3 Å². The lowest BCUT2D eigenvalue weighted by Crippen LogP contribution is -2.42. The third-order valence-corrected chi connectivity index (χ3v) is 4.64. The molecular weight excluding hydrogens is 350 g/mol. The number of phenols is 1. The molecule has 0 bridgehead atoms. The largest absolute Gasteiger partial charge is 0.508 e. The molecule has 0 unspecified atom stereocenters. The molecule has 3 N–H and O–H groups in total. The maximum atomic E-state index is 12.0. The van der Waals surface area contributed by atoms with Crippen molar-refractivity contribution in [1.82, 2.24) is 5.32 Å². The smallest absolute Gasteiger partial charge is 0.326 e. The van der Waals surface area contributed by atoms with Crippen molar-refractivity contribution in [1.29, 1.82) is 0 Å². The van der Waals surface area contributed by atoms with Crippen molar-refractivity contribution >= 4 is 24.5 Å². The van der Waals surface area contributed by atoms with Crippen LogP contribution in [0.2, 0.25) is 0 Å². The summed E-state index contributed by atoms with van der Waals surface area (Å²) in [7, 11) is 0. The number of carboxylic acid groups (broad SMARTS) is 1. The second kappa shape index (κ2) is 13.5. The molecule has 5 nitrogen and oxygen atoms in total. The Morgan fingerprint density at radius 1 is 0.923 bits per heavy atom. The standard InChI is InChI=1S/C20H31NO4S/c22-17-12-10-16(11-13-17)15-18(20(24)25)21-19(23)9-7-5-3-1-2-4-6-8-14-26/h10-13,18,22,26H,1-9,14-15H2,(H,21,23)(H,24,25)/t18-/m0/s1. The number of nitrogens with one attached hydrogen (secondary N) is 1. The van der Waals surface area contributed by atoms with Gasteiger partial charge in [-0.05, 0) is 36.3 Å². The lowest BCUT2D eigenvalue weighted by Gasteiger charge is -2.14. The van der Waals surface area contributed by atoms with Crippen molar-refractivity contribution in [3.05, 3.63) is 29.8 Å². The molecule has 0 fully saturated rings. The lowest BCUT2D eigenvalue weighted by atomic mass is 10.0. The molecule has 1 aromatic rings. The van der Waals surface area contributed by atoms with Crippen LogP contribution in [0.25, 0.3) is 0 Å². The van der Waals surface area contributed by atoms with E-state index in [1.807, 2.05) is 0 Å². The minimum absolute atomic E-state index is 0.131. The van der Waals surface area contributed by atoms with Crippen LogP contribution in [-0.4, -0.2) is 33.9 Å². The van der Waals surface area contributed by atoms with E-state index in [1.54, 1.807) is 12.1 Å². The van der Waals surface area contributed by atoms with Crippen molar-refractivity contribution in [2.45, 2.75) is 70.3 Å². The quantitative estimate of drug-likeness (QED) is 0.290. The number of hydrogen-bond acceptors (Lipinski definition) is 4. The Morgan fingerprint density at radius 3 is 2.00 bits per heavy atom. The van der Waals surface area contributed by atoms with E-state index in [-0.39, 0.29) is 18.1 Å². The fourth-order valence-electron chi connectivity index (χ4n) is 2.79. The van der Waals surface area contributed by atoms with Gasteiger partial charge in [0.05, 0.1) is 0 Å². The zero-order valence-corrected chi connectivity index (χ0v) is 16.2. The van der Waals surface area contributed by atoms with Gasteiger partial charge in [-0.15, -0.1) is 0 Å². The second-order valence-electron chi connectivity index (χ2n) is 6.63. The molecule has 0 saturated heterocycles. The number of aromatic hydroxyl groups is 1. The molecule has 6 heteroatoms. The summed E-state index contributed by atoms with van der Waals surface area (Å²) in [5.74, 6) is -0.178. The molecule has 1 aromatic carbocycles. The molecule has 0 heterocycles. The Kier molecular flexibility index (Phi) is 11.6. The van der Waals surface area contributed by atoms with Gasteiger partial charge in [-0.2, -0.15) is 12.6 Å². The Labute approximate surface area is 161 Å². The maximum Gasteiger partial charge on any atom is 0.326 e. The molecule has 0 aromatic heterocycles. The van der Waals surface area contributed by atoms with Gasteiger partial charge >= 0.3 is 5.97 Å². The van der Waals surface area contributed by atoms with Crippen LogP contribution in [0.3, 0.4) is 0 Å². The number of unbranched alkanes of at least 4 members (excludes halogenated alkanes) is 7. The summed E-state index contributed by atoms with van der Waals surface area (Å²) in [4.78, 5) is 23.3. The second-order valence-corrected chi connectivity index (χ2v) is 7.08. The Balaban J connectivity index is 2.20. The van der Waals surface area contributed by atoms with E-state index in [2.05, 4.69) is 17.9 Å². The van der Waals surface area contributed by atoms with Crippen molar-refractivity contribution in [3.63, 3.8) is 0 Å². The first-order chi connectivity index (χ1) is 12.5. The molecule has 0 spiro atoms. The molecular formula is C20H31NO4S. The monoisotopic (exact) mass is 381 g/mol. The summed E-state index contributed by atoms with van der Waals surface area (Å²) < 4.78 is 0. The van der Waals surface area contributed by atoms with Gasteiger partial charge < -0.3 is 15.5 Å². The predicted octanol–water partition coefficient (Wildman–Crippen LogP) is 3.94. The molecule has 0 aliphatic carbocycles. The number of carboxylic acids is 1. The van der Waals surface area contributed by atoms with Gasteiger partial charge in [0.15, 0.2) is 0 Å². The molecule has 1 amide bonds. The van der Waals surface area contributed by atoms with Crippen molar-refractivity contribution in [2.75, 3.05) is 5.75 Å². The van der Waals surface area contributed by atoms with E-state index in [0.717, 1.165) is 30.6 Å². The summed E-state index contributed by atoms with van der Waals surface area (Å²) in [6.45, 7) is 0. The highest BCUT2D eigenvalue weighted by molar-refractivity contribution is 7.80. The van der Waals surface area contributed by atoms with Gasteiger partial charge in [-0.1, -0.05) is 50.7 Å². The average Bonchev–Trinajstić information content (AvgIpc) is 2.61. The van der Waals surface area contributed by atoms with Crippen LogP contribution < -0.4 is 5.32 Å². The van der Waals surface area contributed by atoms with Gasteiger partial charge in [-0.3, -0.25) is 4.79 Å². The molecule has 1 rings (SSSR count). The molecule has 0 aliphatic heterocycles. The van der Waals surface area contributed by atoms with Gasteiger partial charge in [0.25, 0.3) is 0 Å². The number of hydrogen-bond donors (Lipinski definition) is 4. The highest BCUT2D eigenvalue weighted by Crippen LogP contribution is 2.12. The topological polar surface area (TPSA) is 86.6 Å². The van der Waals surface area contributed by atoms with Gasteiger partial charge in [0, 0.05) is 12.8 Å². The van der Waals surface area contributed by atoms with E-state index in [4.69, 9.17) is 0 Å². The van der Waals surface area contributed by atoms with Crippen LogP contribution in [0.4, 0.5) is 0 Å². The van der Waals surface area contributed by atoms with Crippen molar-refractivity contribution in [2.24, 2.45) is 0 Å². The summed E-state index contributed by atoms with van der Waals surface area (Å²) in [5, 5.41) is 21.2. The SMILES string of the molecule is O=C(CCCCCCCCCCS)N[C@@H](Cc1ccc(O)cc1)C(=O)O. The Morgan fingerprint density at radius 2 is 1.46 bits per heavy atom. The summed E-state index contributed by atoms with van der Waals surface area (Å²) in [5.41, 5.74) is 0.758. The first-order valence-electron chi connectivity index (χ1n) is 9.44.